The third-order valence-electron chi connectivity index (χ3n) is 1.52. The molecule has 6 heteroatoms. The van der Waals surface area contributed by atoms with Crippen LogP contribution in [0.25, 0.3) is 0 Å². The highest BCUT2D eigenvalue weighted by Gasteiger charge is 2.09. The number of nitro benzene ring substituents is 1. The highest BCUT2D eigenvalue weighted by atomic mass is 19.1. The maximum Gasteiger partial charge on any atom is 0.271 e. The van der Waals surface area contributed by atoms with Crippen LogP contribution < -0.4 is 5.32 Å². The summed E-state index contributed by atoms with van der Waals surface area (Å²) in [6.07, 6.45) is 0. The SMILES string of the molecule is N#CCNc1cc([N+](=O)[O-])ccc1F. The highest BCUT2D eigenvalue weighted by molar-refractivity contribution is 5.52. The zero-order chi connectivity index (χ0) is 10.6. The van der Waals surface area contributed by atoms with Crippen molar-refractivity contribution in [3.63, 3.8) is 0 Å². The van der Waals surface area contributed by atoms with E-state index in [4.69, 9.17) is 5.26 Å². The number of non-ortho nitro benzene ring substituents is 1. The number of benzene rings is 1. The second kappa shape index (κ2) is 4.18. The molecular weight excluding hydrogens is 189 g/mol. The Morgan fingerprint density at radius 3 is 2.93 bits per heavy atom. The van der Waals surface area contributed by atoms with Gasteiger partial charge in [-0.2, -0.15) is 5.26 Å². The Morgan fingerprint density at radius 1 is 1.64 bits per heavy atom. The monoisotopic (exact) mass is 195 g/mol. The molecule has 14 heavy (non-hydrogen) atoms. The first-order chi connectivity index (χ1) is 6.65. The Labute approximate surface area is 78.9 Å². The topological polar surface area (TPSA) is 79.0 Å². The van der Waals surface area contributed by atoms with Crippen LogP contribution in [0, 0.1) is 27.3 Å². The summed E-state index contributed by atoms with van der Waals surface area (Å²) in [5.41, 5.74) is -0.257. The number of nitro groups is 1. The summed E-state index contributed by atoms with van der Waals surface area (Å²) in [7, 11) is 0. The average molecular weight is 195 g/mol. The third-order valence-corrected chi connectivity index (χ3v) is 1.52. The average Bonchev–Trinajstić information content (AvgIpc) is 2.16. The Balaban J connectivity index is 2.97. The van der Waals surface area contributed by atoms with Gasteiger partial charge in [0.1, 0.15) is 12.4 Å². The zero-order valence-electron chi connectivity index (χ0n) is 7.03. The van der Waals surface area contributed by atoms with Gasteiger partial charge < -0.3 is 5.32 Å². The first kappa shape index (κ1) is 9.92. The van der Waals surface area contributed by atoms with Crippen LogP contribution in [0.5, 0.6) is 0 Å². The predicted octanol–water partition coefficient (Wildman–Crippen LogP) is 1.67. The molecule has 0 atom stereocenters. The maximum absolute atomic E-state index is 13.0. The molecule has 0 aliphatic heterocycles. The van der Waals surface area contributed by atoms with Crippen molar-refractivity contribution in [2.45, 2.75) is 0 Å². The number of hydrogen-bond donors (Lipinski definition) is 1. The zero-order valence-corrected chi connectivity index (χ0v) is 7.03. The predicted molar refractivity (Wildman–Crippen MR) is 47.2 cm³/mol. The molecule has 1 aromatic rings. The summed E-state index contributed by atoms with van der Waals surface area (Å²) in [6.45, 7) is -0.0991. The summed E-state index contributed by atoms with van der Waals surface area (Å²) in [5.74, 6) is -0.620. The van der Waals surface area contributed by atoms with Gasteiger partial charge in [-0.15, -0.1) is 0 Å². The van der Waals surface area contributed by atoms with Crippen LogP contribution in [0.3, 0.4) is 0 Å². The Hall–Kier alpha value is -2.16. The number of hydrogen-bond acceptors (Lipinski definition) is 4. The number of anilines is 1. The smallest absolute Gasteiger partial charge is 0.271 e. The van der Waals surface area contributed by atoms with E-state index in [1.54, 1.807) is 6.07 Å². The summed E-state index contributed by atoms with van der Waals surface area (Å²) < 4.78 is 13.0. The van der Waals surface area contributed by atoms with E-state index in [1.807, 2.05) is 0 Å². The van der Waals surface area contributed by atoms with Gasteiger partial charge >= 0.3 is 0 Å². The van der Waals surface area contributed by atoms with Gasteiger partial charge in [-0.3, -0.25) is 10.1 Å². The van der Waals surface area contributed by atoms with Gasteiger partial charge in [-0.1, -0.05) is 0 Å². The first-order valence-electron chi connectivity index (χ1n) is 3.70. The third kappa shape index (κ3) is 2.17. The van der Waals surface area contributed by atoms with Gasteiger partial charge in [0.25, 0.3) is 5.69 Å². The van der Waals surface area contributed by atoms with E-state index in [0.717, 1.165) is 18.2 Å². The number of rotatable bonds is 3. The van der Waals surface area contributed by atoms with Crippen LogP contribution in [0.4, 0.5) is 15.8 Å². The molecule has 1 rings (SSSR count). The van der Waals surface area contributed by atoms with E-state index in [2.05, 4.69) is 5.32 Å². The fourth-order valence-corrected chi connectivity index (χ4v) is 0.897. The molecule has 1 aromatic carbocycles. The second-order valence-electron chi connectivity index (χ2n) is 2.43. The summed E-state index contributed by atoms with van der Waals surface area (Å²) in [6, 6.07) is 4.84. The molecule has 0 amide bonds. The van der Waals surface area contributed by atoms with Gasteiger partial charge in [0.2, 0.25) is 0 Å². The molecule has 0 radical (unpaired) electrons. The lowest BCUT2D eigenvalue weighted by molar-refractivity contribution is -0.384. The van der Waals surface area contributed by atoms with Crippen LogP contribution in [-0.4, -0.2) is 11.5 Å². The minimum atomic E-state index is -0.628. The molecule has 0 heterocycles. The van der Waals surface area contributed by atoms with E-state index in [1.165, 1.54) is 0 Å². The van der Waals surface area contributed by atoms with Crippen LogP contribution in [0.2, 0.25) is 0 Å². The van der Waals surface area contributed by atoms with Crippen molar-refractivity contribution in [2.75, 3.05) is 11.9 Å². The molecule has 0 bridgehead atoms. The molecule has 0 aliphatic rings. The van der Waals surface area contributed by atoms with Crippen molar-refractivity contribution in [3.05, 3.63) is 34.1 Å². The van der Waals surface area contributed by atoms with Crippen molar-refractivity contribution in [1.29, 1.82) is 5.26 Å². The van der Waals surface area contributed by atoms with Crippen LogP contribution in [0.1, 0.15) is 0 Å². The second-order valence-corrected chi connectivity index (χ2v) is 2.43. The minimum Gasteiger partial charge on any atom is -0.370 e. The van der Waals surface area contributed by atoms with Gasteiger partial charge in [-0.05, 0) is 6.07 Å². The molecule has 0 saturated heterocycles. The van der Waals surface area contributed by atoms with Crippen molar-refractivity contribution in [3.8, 4) is 6.07 Å². The molecule has 72 valence electrons. The molecule has 0 unspecified atom stereocenters. The molecule has 0 aromatic heterocycles. The number of halogens is 1. The number of nitrogens with zero attached hydrogens (tertiary/aromatic N) is 2. The molecule has 0 aliphatic carbocycles. The summed E-state index contributed by atoms with van der Waals surface area (Å²) in [4.78, 5) is 9.70. The van der Waals surface area contributed by atoms with Crippen molar-refractivity contribution in [2.24, 2.45) is 0 Å². The van der Waals surface area contributed by atoms with E-state index < -0.39 is 10.7 Å². The lowest BCUT2D eigenvalue weighted by atomic mass is 10.2. The van der Waals surface area contributed by atoms with Crippen molar-refractivity contribution >= 4 is 11.4 Å². The van der Waals surface area contributed by atoms with Crippen LogP contribution >= 0.6 is 0 Å². The van der Waals surface area contributed by atoms with Crippen molar-refractivity contribution in [1.82, 2.24) is 0 Å². The van der Waals surface area contributed by atoms with E-state index >= 15 is 0 Å². The lowest BCUT2D eigenvalue weighted by Gasteiger charge is -2.02. The lowest BCUT2D eigenvalue weighted by Crippen LogP contribution is -2.01. The van der Waals surface area contributed by atoms with Gasteiger partial charge in [0, 0.05) is 12.1 Å². The number of nitrogens with one attached hydrogen (secondary N) is 1. The van der Waals surface area contributed by atoms with E-state index in [-0.39, 0.29) is 17.9 Å². The van der Waals surface area contributed by atoms with Crippen molar-refractivity contribution < 1.29 is 9.31 Å². The maximum atomic E-state index is 13.0. The Kier molecular flexibility index (Phi) is 2.97. The normalized spacial score (nSPS) is 9.14. The van der Waals surface area contributed by atoms with Crippen LogP contribution in [-0.2, 0) is 0 Å². The largest absolute Gasteiger partial charge is 0.370 e. The van der Waals surface area contributed by atoms with Gasteiger partial charge in [0.05, 0.1) is 16.7 Å². The highest BCUT2D eigenvalue weighted by Crippen LogP contribution is 2.20. The first-order valence-corrected chi connectivity index (χ1v) is 3.70. The quantitative estimate of drug-likeness (QED) is 0.452. The Morgan fingerprint density at radius 2 is 2.36 bits per heavy atom. The number of nitriles is 1. The molecule has 0 spiro atoms. The summed E-state index contributed by atoms with van der Waals surface area (Å²) in [5, 5.41) is 21.0. The molecule has 1 N–H and O–H groups in total. The van der Waals surface area contributed by atoms with Crippen LogP contribution in [0.15, 0.2) is 18.2 Å². The summed E-state index contributed by atoms with van der Waals surface area (Å²) >= 11 is 0. The molecular formula is C8H6FN3O2. The standard InChI is InChI=1S/C8H6FN3O2/c9-7-2-1-6(12(13)14)5-8(7)11-4-3-10/h1-2,5,11H,4H2. The van der Waals surface area contributed by atoms with E-state index in [0.29, 0.717) is 0 Å². The minimum absolute atomic E-state index is 0.0410. The fourth-order valence-electron chi connectivity index (χ4n) is 0.897. The molecule has 0 fully saturated rings. The van der Waals surface area contributed by atoms with E-state index in [9.17, 15) is 14.5 Å². The molecule has 5 nitrogen and oxygen atoms in total. The van der Waals surface area contributed by atoms with Gasteiger partial charge in [0.15, 0.2) is 0 Å². The van der Waals surface area contributed by atoms with Gasteiger partial charge in [-0.25, -0.2) is 4.39 Å². The Bertz CT molecular complexity index is 400. The fraction of sp³-hybridized carbons (Fsp3) is 0.125. The molecule has 0 saturated carbocycles.